The van der Waals surface area contributed by atoms with Crippen LogP contribution in [0.5, 0.6) is 0 Å². The van der Waals surface area contributed by atoms with Crippen LogP contribution in [0.2, 0.25) is 0 Å². The molecule has 0 amide bonds. The first-order chi connectivity index (χ1) is 13.8. The van der Waals surface area contributed by atoms with E-state index < -0.39 is 4.92 Å². The van der Waals surface area contributed by atoms with Crippen LogP contribution < -0.4 is 5.56 Å². The minimum absolute atomic E-state index is 0.0292. The monoisotopic (exact) mass is 411 g/mol. The molecule has 0 unspecified atom stereocenters. The van der Waals surface area contributed by atoms with Crippen LogP contribution in [0.4, 0.5) is 5.69 Å². The van der Waals surface area contributed by atoms with E-state index in [1.165, 1.54) is 17.8 Å². The number of nitro benzene ring substituents is 1. The van der Waals surface area contributed by atoms with Crippen molar-refractivity contribution in [3.63, 3.8) is 0 Å². The molecule has 1 heterocycles. The number of hydrogen-bond donors (Lipinski definition) is 0. The Bertz CT molecular complexity index is 1160. The van der Waals surface area contributed by atoms with Gasteiger partial charge in [-0.25, -0.2) is 4.98 Å². The van der Waals surface area contributed by atoms with Crippen LogP contribution in [-0.4, -0.2) is 26.0 Å². The van der Waals surface area contributed by atoms with E-state index in [9.17, 15) is 19.7 Å². The average molecular weight is 411 g/mol. The third-order valence-corrected chi connectivity index (χ3v) is 5.82. The molecule has 3 aromatic rings. The van der Waals surface area contributed by atoms with E-state index >= 15 is 0 Å². The van der Waals surface area contributed by atoms with Gasteiger partial charge in [-0.05, 0) is 32.4 Å². The van der Waals surface area contributed by atoms with Crippen molar-refractivity contribution in [2.75, 3.05) is 5.75 Å². The Labute approximate surface area is 171 Å². The fourth-order valence-corrected chi connectivity index (χ4v) is 3.98. The second-order valence-corrected chi connectivity index (χ2v) is 7.76. The highest BCUT2D eigenvalue weighted by Crippen LogP contribution is 2.25. The van der Waals surface area contributed by atoms with Gasteiger partial charge in [0.25, 0.3) is 11.2 Å². The quantitative estimate of drug-likeness (QED) is 0.186. The van der Waals surface area contributed by atoms with E-state index in [0.29, 0.717) is 21.6 Å². The molecule has 1 aromatic heterocycles. The molecule has 150 valence electrons. The number of rotatable bonds is 7. The summed E-state index contributed by atoms with van der Waals surface area (Å²) in [6.07, 6.45) is 0.742. The summed E-state index contributed by atoms with van der Waals surface area (Å²) in [5.41, 5.74) is 1.14. The molecule has 0 aliphatic rings. The van der Waals surface area contributed by atoms with Gasteiger partial charge < -0.3 is 0 Å². The summed E-state index contributed by atoms with van der Waals surface area (Å²) in [5, 5.41) is 12.1. The number of carbonyl (C=O) groups is 1. The first-order valence-corrected chi connectivity index (χ1v) is 10.2. The van der Waals surface area contributed by atoms with E-state index in [1.54, 1.807) is 41.8 Å². The summed E-state index contributed by atoms with van der Waals surface area (Å²) in [5.74, 6) is -0.224. The van der Waals surface area contributed by atoms with Crippen LogP contribution in [0.25, 0.3) is 10.9 Å². The Morgan fingerprint density at radius 3 is 2.69 bits per heavy atom. The highest BCUT2D eigenvalue weighted by atomic mass is 32.2. The number of aryl methyl sites for hydroxylation is 1. The lowest BCUT2D eigenvalue weighted by molar-refractivity contribution is -0.385. The highest BCUT2D eigenvalue weighted by molar-refractivity contribution is 7.99. The number of aromatic nitrogens is 2. The van der Waals surface area contributed by atoms with Crippen LogP contribution >= 0.6 is 11.8 Å². The number of ketones is 1. The normalized spacial score (nSPS) is 12.1. The summed E-state index contributed by atoms with van der Waals surface area (Å²) in [7, 11) is 0. The van der Waals surface area contributed by atoms with Crippen LogP contribution in [0.3, 0.4) is 0 Å². The number of nitro groups is 1. The molecule has 0 spiro atoms. The fraction of sp³-hybridized carbons (Fsp3) is 0.286. The van der Waals surface area contributed by atoms with Crippen LogP contribution in [-0.2, 0) is 0 Å². The number of carbonyl (C=O) groups excluding carboxylic acids is 1. The van der Waals surface area contributed by atoms with Crippen molar-refractivity contribution in [3.05, 3.63) is 74.1 Å². The number of thioether (sulfide) groups is 1. The van der Waals surface area contributed by atoms with E-state index in [2.05, 4.69) is 4.98 Å². The second-order valence-electron chi connectivity index (χ2n) is 6.81. The van der Waals surface area contributed by atoms with E-state index in [0.717, 1.165) is 6.42 Å². The van der Waals surface area contributed by atoms with Crippen LogP contribution in [0, 0.1) is 17.0 Å². The molecule has 0 saturated heterocycles. The molecule has 0 saturated carbocycles. The molecule has 0 aliphatic heterocycles. The molecule has 0 bridgehead atoms. The summed E-state index contributed by atoms with van der Waals surface area (Å²) < 4.78 is 1.62. The molecule has 29 heavy (non-hydrogen) atoms. The third-order valence-electron chi connectivity index (χ3n) is 4.87. The molecule has 0 fully saturated rings. The van der Waals surface area contributed by atoms with Gasteiger partial charge in [0, 0.05) is 23.2 Å². The maximum absolute atomic E-state index is 13.0. The zero-order chi connectivity index (χ0) is 21.1. The van der Waals surface area contributed by atoms with Gasteiger partial charge in [-0.15, -0.1) is 0 Å². The summed E-state index contributed by atoms with van der Waals surface area (Å²) in [6.45, 7) is 5.55. The number of para-hydroxylation sites is 1. The first kappa shape index (κ1) is 20.7. The molecule has 3 rings (SSSR count). The number of hydrogen-bond acceptors (Lipinski definition) is 6. The number of Topliss-reactive ketones (excluding diaryl/α,β-unsaturated/α-hetero) is 1. The molecule has 0 N–H and O–H groups in total. The summed E-state index contributed by atoms with van der Waals surface area (Å²) in [4.78, 5) is 40.8. The maximum atomic E-state index is 13.0. The van der Waals surface area contributed by atoms with Crippen molar-refractivity contribution >= 4 is 34.1 Å². The highest BCUT2D eigenvalue weighted by Gasteiger charge is 2.19. The zero-order valence-corrected chi connectivity index (χ0v) is 17.2. The molecule has 1 atom stereocenters. The lowest BCUT2D eigenvalue weighted by Gasteiger charge is -2.18. The zero-order valence-electron chi connectivity index (χ0n) is 16.4. The molecular formula is C21H21N3O4S. The van der Waals surface area contributed by atoms with Gasteiger partial charge in [0.2, 0.25) is 0 Å². The number of benzene rings is 2. The Morgan fingerprint density at radius 1 is 1.28 bits per heavy atom. The minimum atomic E-state index is -0.495. The largest absolute Gasteiger partial charge is 0.293 e. The van der Waals surface area contributed by atoms with Gasteiger partial charge in [-0.2, -0.15) is 0 Å². The number of nitrogens with zero attached hydrogens (tertiary/aromatic N) is 3. The first-order valence-electron chi connectivity index (χ1n) is 9.25. The molecule has 2 aromatic carbocycles. The van der Waals surface area contributed by atoms with Gasteiger partial charge >= 0.3 is 0 Å². The summed E-state index contributed by atoms with van der Waals surface area (Å²) >= 11 is 1.17. The lowest BCUT2D eigenvalue weighted by Crippen LogP contribution is -2.26. The van der Waals surface area contributed by atoms with Gasteiger partial charge in [0.05, 0.1) is 21.6 Å². The molecule has 0 radical (unpaired) electrons. The molecule has 0 aliphatic carbocycles. The Kier molecular flexibility index (Phi) is 6.12. The molecular weight excluding hydrogens is 390 g/mol. The van der Waals surface area contributed by atoms with Gasteiger partial charge in [-0.1, -0.05) is 43.0 Å². The van der Waals surface area contributed by atoms with Crippen molar-refractivity contribution in [2.45, 2.75) is 38.4 Å². The fourth-order valence-electron chi connectivity index (χ4n) is 2.99. The SMILES string of the molecule is CC[C@@H](C)n1c(SCC(=O)c2ccc(C)c([N+](=O)[O-])c2)nc2ccccc2c1=O. The Balaban J connectivity index is 1.94. The van der Waals surface area contributed by atoms with Crippen LogP contribution in [0.1, 0.15) is 42.2 Å². The maximum Gasteiger partial charge on any atom is 0.273 e. The predicted octanol–water partition coefficient (Wildman–Crippen LogP) is 4.56. The lowest BCUT2D eigenvalue weighted by atomic mass is 10.1. The minimum Gasteiger partial charge on any atom is -0.293 e. The molecule has 8 heteroatoms. The van der Waals surface area contributed by atoms with Crippen molar-refractivity contribution in [1.29, 1.82) is 0 Å². The smallest absolute Gasteiger partial charge is 0.273 e. The average Bonchev–Trinajstić information content (AvgIpc) is 2.71. The van der Waals surface area contributed by atoms with Crippen LogP contribution in [0.15, 0.2) is 52.4 Å². The van der Waals surface area contributed by atoms with Crippen molar-refractivity contribution < 1.29 is 9.72 Å². The second kappa shape index (κ2) is 8.57. The predicted molar refractivity (Wildman–Crippen MR) is 114 cm³/mol. The van der Waals surface area contributed by atoms with Gasteiger partial charge in [0.15, 0.2) is 10.9 Å². The van der Waals surface area contributed by atoms with Gasteiger partial charge in [0.1, 0.15) is 0 Å². The topological polar surface area (TPSA) is 95.1 Å². The standard InChI is InChI=1S/C21H21N3O4S/c1-4-14(3)23-20(26)16-7-5-6-8-17(16)22-21(23)29-12-19(25)15-10-9-13(2)18(11-15)24(27)28/h5-11,14H,4,12H2,1-3H3/t14-/m1/s1. The Hall–Kier alpha value is -3.00. The third kappa shape index (κ3) is 4.22. The van der Waals surface area contributed by atoms with Gasteiger partial charge in [-0.3, -0.25) is 24.3 Å². The van der Waals surface area contributed by atoms with E-state index in [-0.39, 0.29) is 34.4 Å². The van der Waals surface area contributed by atoms with E-state index in [1.807, 2.05) is 19.9 Å². The van der Waals surface area contributed by atoms with Crippen molar-refractivity contribution in [2.24, 2.45) is 0 Å². The summed E-state index contributed by atoms with van der Waals surface area (Å²) in [6, 6.07) is 11.5. The number of fused-ring (bicyclic) bond motifs is 1. The Morgan fingerprint density at radius 2 is 2.00 bits per heavy atom. The van der Waals surface area contributed by atoms with E-state index in [4.69, 9.17) is 0 Å². The van der Waals surface area contributed by atoms with Crippen molar-refractivity contribution in [3.8, 4) is 0 Å². The van der Waals surface area contributed by atoms with Crippen molar-refractivity contribution in [1.82, 2.24) is 9.55 Å². The molecule has 7 nitrogen and oxygen atoms in total.